The van der Waals surface area contributed by atoms with Crippen molar-refractivity contribution >= 4 is 15.7 Å². The van der Waals surface area contributed by atoms with Crippen LogP contribution in [-0.4, -0.2) is 21.2 Å². The van der Waals surface area contributed by atoms with Gasteiger partial charge >= 0.3 is 6.18 Å². The van der Waals surface area contributed by atoms with E-state index >= 15 is 0 Å². The molecule has 0 aromatic heterocycles. The molecular weight excluding hydrogens is 350 g/mol. The topological polar surface area (TPSA) is 55.7 Å². The van der Waals surface area contributed by atoms with Crippen LogP contribution in [0.2, 0.25) is 0 Å². The van der Waals surface area contributed by atoms with Gasteiger partial charge in [-0.2, -0.15) is 26.0 Å². The van der Waals surface area contributed by atoms with Crippen molar-refractivity contribution in [1.82, 2.24) is 0 Å². The first-order chi connectivity index (χ1) is 11.1. The highest BCUT2D eigenvalue weighted by Crippen LogP contribution is 2.36. The molecule has 0 spiro atoms. The Hall–Kier alpha value is -2.42. The lowest BCUT2D eigenvalue weighted by Crippen LogP contribution is -2.10. The fourth-order valence-corrected chi connectivity index (χ4v) is 3.62. The third-order valence-electron chi connectivity index (χ3n) is 3.44. The molecule has 0 aliphatic carbocycles. The molecule has 1 aliphatic heterocycles. The van der Waals surface area contributed by atoms with Crippen LogP contribution in [0.5, 0.6) is 5.75 Å². The summed E-state index contributed by atoms with van der Waals surface area (Å²) in [6.45, 7) is 0. The quantitative estimate of drug-likeness (QED) is 0.773. The Morgan fingerprint density at radius 1 is 1.12 bits per heavy atom. The summed E-state index contributed by atoms with van der Waals surface area (Å²) in [6, 6.07) is 5.99. The van der Waals surface area contributed by atoms with E-state index in [0.717, 1.165) is 18.2 Å². The largest absolute Gasteiger partial charge is 0.497 e. The minimum absolute atomic E-state index is 0.148. The van der Waals surface area contributed by atoms with E-state index in [4.69, 9.17) is 4.74 Å². The summed E-state index contributed by atoms with van der Waals surface area (Å²) in [5, 5.41) is 0. The van der Waals surface area contributed by atoms with E-state index < -0.39 is 27.6 Å². The average Bonchev–Trinajstić information content (AvgIpc) is 2.79. The van der Waals surface area contributed by atoms with Gasteiger partial charge in [0.05, 0.1) is 23.9 Å². The van der Waals surface area contributed by atoms with Crippen molar-refractivity contribution < 1.29 is 30.7 Å². The standard InChI is InChI=1S/C15H9F4NO3S/c1-23-10-6-8(5-9(7-10)15(17,18)19)14-13-11(16)3-2-4-12(13)24(21,22)20-14/h2-7H,1H3. The molecule has 0 saturated carbocycles. The Balaban J connectivity index is 2.29. The SMILES string of the molecule is COc1cc(C2=NS(=O)(=O)c3cccc(F)c32)cc(C(F)(F)F)c1. The monoisotopic (exact) mass is 359 g/mol. The molecule has 126 valence electrons. The second-order valence-corrected chi connectivity index (χ2v) is 6.55. The van der Waals surface area contributed by atoms with E-state index in [9.17, 15) is 26.0 Å². The number of ether oxygens (including phenoxy) is 1. The molecule has 0 fully saturated rings. The van der Waals surface area contributed by atoms with E-state index in [1.165, 1.54) is 19.2 Å². The van der Waals surface area contributed by atoms with Crippen LogP contribution in [0.3, 0.4) is 0 Å². The van der Waals surface area contributed by atoms with E-state index in [-0.39, 0.29) is 27.5 Å². The molecule has 4 nitrogen and oxygen atoms in total. The highest BCUT2D eigenvalue weighted by Gasteiger charge is 2.35. The van der Waals surface area contributed by atoms with E-state index in [1.807, 2.05) is 0 Å². The second-order valence-electron chi connectivity index (χ2n) is 4.98. The Kier molecular flexibility index (Phi) is 3.63. The Morgan fingerprint density at radius 3 is 2.46 bits per heavy atom. The second kappa shape index (κ2) is 5.30. The average molecular weight is 359 g/mol. The third-order valence-corrected chi connectivity index (χ3v) is 4.76. The number of hydrogen-bond donors (Lipinski definition) is 0. The molecule has 0 amide bonds. The number of benzene rings is 2. The van der Waals surface area contributed by atoms with E-state index in [2.05, 4.69) is 4.40 Å². The van der Waals surface area contributed by atoms with Crippen LogP contribution in [0.25, 0.3) is 0 Å². The summed E-state index contributed by atoms with van der Waals surface area (Å²) >= 11 is 0. The van der Waals surface area contributed by atoms with Crippen LogP contribution >= 0.6 is 0 Å². The number of nitrogens with zero attached hydrogens (tertiary/aromatic N) is 1. The summed E-state index contributed by atoms with van der Waals surface area (Å²) < 4.78 is 85.4. The van der Waals surface area contributed by atoms with Crippen LogP contribution in [0, 0.1) is 5.82 Å². The Morgan fingerprint density at radius 2 is 1.83 bits per heavy atom. The number of halogens is 4. The lowest BCUT2D eigenvalue weighted by molar-refractivity contribution is -0.137. The zero-order valence-electron chi connectivity index (χ0n) is 12.1. The molecule has 0 atom stereocenters. The van der Waals surface area contributed by atoms with Gasteiger partial charge in [0.2, 0.25) is 0 Å². The highest BCUT2D eigenvalue weighted by molar-refractivity contribution is 7.90. The van der Waals surface area contributed by atoms with Gasteiger partial charge in [-0.1, -0.05) is 6.07 Å². The number of alkyl halides is 3. The Bertz CT molecular complexity index is 965. The molecule has 0 bridgehead atoms. The molecule has 0 N–H and O–H groups in total. The van der Waals surface area contributed by atoms with Crippen molar-refractivity contribution in [3.05, 3.63) is 58.9 Å². The molecule has 24 heavy (non-hydrogen) atoms. The predicted octanol–water partition coefficient (Wildman–Crippen LogP) is 3.39. The smallest absolute Gasteiger partial charge is 0.416 e. The van der Waals surface area contributed by atoms with Gasteiger partial charge in [0.25, 0.3) is 10.0 Å². The van der Waals surface area contributed by atoms with Gasteiger partial charge < -0.3 is 4.74 Å². The van der Waals surface area contributed by atoms with Crippen LogP contribution in [0.15, 0.2) is 45.7 Å². The Labute approximate surface area is 134 Å². The summed E-state index contributed by atoms with van der Waals surface area (Å²) in [5.41, 5.74) is -1.98. The number of fused-ring (bicyclic) bond motifs is 1. The number of sulfonamides is 1. The van der Waals surface area contributed by atoms with Crippen molar-refractivity contribution in [2.24, 2.45) is 4.40 Å². The summed E-state index contributed by atoms with van der Waals surface area (Å²) in [4.78, 5) is -0.381. The molecule has 3 rings (SSSR count). The minimum Gasteiger partial charge on any atom is -0.497 e. The summed E-state index contributed by atoms with van der Waals surface area (Å²) in [7, 11) is -3.00. The van der Waals surface area contributed by atoms with Gasteiger partial charge in [-0.05, 0) is 30.3 Å². The minimum atomic E-state index is -4.68. The van der Waals surface area contributed by atoms with E-state index in [1.54, 1.807) is 0 Å². The van der Waals surface area contributed by atoms with Crippen molar-refractivity contribution in [1.29, 1.82) is 0 Å². The molecule has 0 radical (unpaired) electrons. The lowest BCUT2D eigenvalue weighted by atomic mass is 9.99. The number of methoxy groups -OCH3 is 1. The molecule has 2 aromatic rings. The summed E-state index contributed by atoms with van der Waals surface area (Å²) in [5.74, 6) is -1.03. The van der Waals surface area contributed by atoms with Crippen molar-refractivity contribution in [2.75, 3.05) is 7.11 Å². The van der Waals surface area contributed by atoms with Gasteiger partial charge in [0.15, 0.2) is 0 Å². The van der Waals surface area contributed by atoms with Gasteiger partial charge in [-0.15, -0.1) is 0 Å². The zero-order chi connectivity index (χ0) is 17.7. The van der Waals surface area contributed by atoms with Crippen molar-refractivity contribution in [2.45, 2.75) is 11.1 Å². The molecule has 0 unspecified atom stereocenters. The molecule has 0 saturated heterocycles. The molecular formula is C15H9F4NO3S. The maximum absolute atomic E-state index is 14.1. The first kappa shape index (κ1) is 16.4. The predicted molar refractivity (Wildman–Crippen MR) is 77.2 cm³/mol. The first-order valence-corrected chi connectivity index (χ1v) is 7.98. The zero-order valence-corrected chi connectivity index (χ0v) is 12.9. The van der Waals surface area contributed by atoms with Gasteiger partial charge in [0, 0.05) is 5.56 Å². The molecule has 2 aromatic carbocycles. The van der Waals surface area contributed by atoms with Crippen LogP contribution in [0.1, 0.15) is 16.7 Å². The third kappa shape index (κ3) is 2.64. The fraction of sp³-hybridized carbons (Fsp3) is 0.133. The van der Waals surface area contributed by atoms with Gasteiger partial charge in [0.1, 0.15) is 16.5 Å². The maximum atomic E-state index is 14.1. The number of hydrogen-bond acceptors (Lipinski definition) is 3. The normalized spacial score (nSPS) is 15.8. The van der Waals surface area contributed by atoms with Crippen LogP contribution in [-0.2, 0) is 16.2 Å². The molecule has 1 heterocycles. The maximum Gasteiger partial charge on any atom is 0.416 e. The van der Waals surface area contributed by atoms with Crippen LogP contribution in [0.4, 0.5) is 17.6 Å². The van der Waals surface area contributed by atoms with Gasteiger partial charge in [-0.25, -0.2) is 4.39 Å². The molecule has 9 heteroatoms. The lowest BCUT2D eigenvalue weighted by Gasteiger charge is -2.12. The van der Waals surface area contributed by atoms with Gasteiger partial charge in [-0.3, -0.25) is 0 Å². The van der Waals surface area contributed by atoms with Crippen molar-refractivity contribution in [3.63, 3.8) is 0 Å². The number of rotatable bonds is 2. The van der Waals surface area contributed by atoms with E-state index in [0.29, 0.717) is 6.07 Å². The first-order valence-electron chi connectivity index (χ1n) is 6.54. The fourth-order valence-electron chi connectivity index (χ4n) is 2.38. The van der Waals surface area contributed by atoms with Crippen LogP contribution < -0.4 is 4.74 Å². The van der Waals surface area contributed by atoms with Crippen molar-refractivity contribution in [3.8, 4) is 5.75 Å². The molecule has 1 aliphatic rings. The summed E-state index contributed by atoms with van der Waals surface area (Å²) in [6.07, 6.45) is -4.68. The highest BCUT2D eigenvalue weighted by atomic mass is 32.2.